The average molecular weight is 301 g/mol. The van der Waals surface area contributed by atoms with E-state index in [4.69, 9.17) is 5.11 Å². The van der Waals surface area contributed by atoms with Crippen LogP contribution >= 0.6 is 0 Å². The van der Waals surface area contributed by atoms with Crippen LogP contribution in [0.5, 0.6) is 0 Å². The molecule has 19 heavy (non-hydrogen) atoms. The molecule has 1 aliphatic carbocycles. The zero-order valence-electron chi connectivity index (χ0n) is 9.93. The Kier molecular flexibility index (Phi) is 3.54. The Labute approximate surface area is 108 Å². The Bertz CT molecular complexity index is 472. The van der Waals surface area contributed by atoms with Gasteiger partial charge in [-0.15, -0.1) is 0 Å². The normalized spacial score (nSPS) is 29.6. The van der Waals surface area contributed by atoms with Crippen molar-refractivity contribution in [2.45, 2.75) is 19.0 Å². The molecule has 0 aromatic rings. The molecule has 2 fully saturated rings. The van der Waals surface area contributed by atoms with E-state index in [1.54, 1.807) is 0 Å². The van der Waals surface area contributed by atoms with Crippen LogP contribution in [0.4, 0.5) is 13.2 Å². The molecule has 0 radical (unpaired) electrons. The van der Waals surface area contributed by atoms with Crippen molar-refractivity contribution in [3.63, 3.8) is 0 Å². The van der Waals surface area contributed by atoms with Gasteiger partial charge in [-0.2, -0.15) is 13.2 Å². The van der Waals surface area contributed by atoms with Crippen molar-refractivity contribution in [3.05, 3.63) is 0 Å². The van der Waals surface area contributed by atoms with E-state index in [1.165, 1.54) is 0 Å². The number of hydrogen-bond acceptors (Lipinski definition) is 3. The topological polar surface area (TPSA) is 74.7 Å². The molecule has 0 aromatic carbocycles. The van der Waals surface area contributed by atoms with Crippen LogP contribution in [0.3, 0.4) is 0 Å². The van der Waals surface area contributed by atoms with Crippen molar-refractivity contribution < 1.29 is 31.5 Å². The van der Waals surface area contributed by atoms with E-state index in [1.807, 2.05) is 0 Å². The van der Waals surface area contributed by atoms with Gasteiger partial charge in [0.1, 0.15) is 0 Å². The SMILES string of the molecule is O=C(O)[C@@H]1CN(S(=O)(=O)CC2CC2)C[C@H]1C(F)(F)F. The highest BCUT2D eigenvalue weighted by Gasteiger charge is 2.55. The van der Waals surface area contributed by atoms with Crippen molar-refractivity contribution in [2.75, 3.05) is 18.8 Å². The highest BCUT2D eigenvalue weighted by atomic mass is 32.2. The fraction of sp³-hybridized carbons (Fsp3) is 0.900. The van der Waals surface area contributed by atoms with Crippen molar-refractivity contribution in [1.82, 2.24) is 4.31 Å². The summed E-state index contributed by atoms with van der Waals surface area (Å²) >= 11 is 0. The molecule has 0 bridgehead atoms. The molecule has 2 rings (SSSR count). The van der Waals surface area contributed by atoms with Gasteiger partial charge in [-0.25, -0.2) is 12.7 Å². The number of sulfonamides is 1. The number of halogens is 3. The number of nitrogens with zero attached hydrogens (tertiary/aromatic N) is 1. The number of rotatable bonds is 4. The van der Waals surface area contributed by atoms with Crippen LogP contribution < -0.4 is 0 Å². The summed E-state index contributed by atoms with van der Waals surface area (Å²) in [6.07, 6.45) is -3.18. The van der Waals surface area contributed by atoms with E-state index in [2.05, 4.69) is 0 Å². The first kappa shape index (κ1) is 14.6. The summed E-state index contributed by atoms with van der Waals surface area (Å²) in [5, 5.41) is 8.80. The van der Waals surface area contributed by atoms with Crippen LogP contribution in [-0.2, 0) is 14.8 Å². The molecule has 2 atom stereocenters. The second kappa shape index (κ2) is 4.62. The number of alkyl halides is 3. The molecule has 0 unspecified atom stereocenters. The first-order chi connectivity index (χ1) is 8.61. The van der Waals surface area contributed by atoms with E-state index in [0.717, 1.165) is 12.8 Å². The third-order valence-electron chi connectivity index (χ3n) is 3.56. The number of carboxylic acids is 1. The van der Waals surface area contributed by atoms with E-state index < -0.39 is 47.1 Å². The summed E-state index contributed by atoms with van der Waals surface area (Å²) in [5.74, 6) is -5.61. The molecule has 1 saturated heterocycles. The van der Waals surface area contributed by atoms with Crippen LogP contribution in [0.2, 0.25) is 0 Å². The lowest BCUT2D eigenvalue weighted by atomic mass is 9.96. The van der Waals surface area contributed by atoms with Crippen LogP contribution in [-0.4, -0.2) is 48.8 Å². The minimum atomic E-state index is -4.70. The molecule has 110 valence electrons. The molecule has 1 aliphatic heterocycles. The van der Waals surface area contributed by atoms with E-state index in [9.17, 15) is 26.4 Å². The van der Waals surface area contributed by atoms with Gasteiger partial charge in [0.2, 0.25) is 10.0 Å². The van der Waals surface area contributed by atoms with E-state index >= 15 is 0 Å². The largest absolute Gasteiger partial charge is 0.481 e. The Balaban J connectivity index is 2.15. The van der Waals surface area contributed by atoms with Gasteiger partial charge in [0, 0.05) is 13.1 Å². The van der Waals surface area contributed by atoms with Crippen molar-refractivity contribution in [3.8, 4) is 0 Å². The molecule has 1 heterocycles. The second-order valence-electron chi connectivity index (χ2n) is 5.13. The zero-order chi connectivity index (χ0) is 14.4. The fourth-order valence-corrected chi connectivity index (χ4v) is 4.18. The average Bonchev–Trinajstić information content (AvgIpc) is 2.91. The van der Waals surface area contributed by atoms with Gasteiger partial charge in [0.15, 0.2) is 0 Å². The quantitative estimate of drug-likeness (QED) is 0.838. The Hall–Kier alpha value is -0.830. The Morgan fingerprint density at radius 2 is 1.84 bits per heavy atom. The van der Waals surface area contributed by atoms with Gasteiger partial charge in [0.25, 0.3) is 0 Å². The molecule has 1 N–H and O–H groups in total. The van der Waals surface area contributed by atoms with Crippen LogP contribution in [0.25, 0.3) is 0 Å². The lowest BCUT2D eigenvalue weighted by Crippen LogP contribution is -2.34. The van der Waals surface area contributed by atoms with Crippen molar-refractivity contribution in [2.24, 2.45) is 17.8 Å². The molecule has 0 aromatic heterocycles. The van der Waals surface area contributed by atoms with Crippen LogP contribution in [0.1, 0.15) is 12.8 Å². The maximum absolute atomic E-state index is 12.7. The van der Waals surface area contributed by atoms with Gasteiger partial charge < -0.3 is 5.11 Å². The van der Waals surface area contributed by atoms with Crippen LogP contribution in [0, 0.1) is 17.8 Å². The Morgan fingerprint density at radius 3 is 2.21 bits per heavy atom. The van der Waals surface area contributed by atoms with E-state index in [0.29, 0.717) is 4.31 Å². The summed E-state index contributed by atoms with van der Waals surface area (Å²) in [6.45, 7) is -1.37. The highest BCUT2D eigenvalue weighted by molar-refractivity contribution is 7.89. The maximum Gasteiger partial charge on any atom is 0.393 e. The highest BCUT2D eigenvalue weighted by Crippen LogP contribution is 2.40. The van der Waals surface area contributed by atoms with E-state index in [-0.39, 0.29) is 11.7 Å². The maximum atomic E-state index is 12.7. The molecule has 9 heteroatoms. The summed E-state index contributed by atoms with van der Waals surface area (Å²) < 4.78 is 62.6. The Morgan fingerprint density at radius 1 is 1.26 bits per heavy atom. The summed E-state index contributed by atoms with van der Waals surface area (Å²) in [4.78, 5) is 10.8. The van der Waals surface area contributed by atoms with Crippen molar-refractivity contribution in [1.29, 1.82) is 0 Å². The number of aliphatic carboxylic acids is 1. The van der Waals surface area contributed by atoms with Gasteiger partial charge in [-0.05, 0) is 18.8 Å². The lowest BCUT2D eigenvalue weighted by molar-refractivity contribution is -0.187. The standard InChI is InChI=1S/C10H14F3NO4S/c11-10(12,13)8-4-14(3-7(8)9(15)16)19(17,18)5-6-1-2-6/h6-8H,1-5H2,(H,15,16)/t7-,8-/m1/s1. The molecule has 1 saturated carbocycles. The third kappa shape index (κ3) is 3.19. The monoisotopic (exact) mass is 301 g/mol. The van der Waals surface area contributed by atoms with Crippen molar-refractivity contribution >= 4 is 16.0 Å². The first-order valence-corrected chi connectivity index (χ1v) is 7.49. The molecule has 0 spiro atoms. The summed E-state index contributed by atoms with van der Waals surface area (Å²) in [6, 6.07) is 0. The predicted molar refractivity (Wildman–Crippen MR) is 58.8 cm³/mol. The minimum Gasteiger partial charge on any atom is -0.481 e. The van der Waals surface area contributed by atoms with Gasteiger partial charge in [-0.1, -0.05) is 0 Å². The molecule has 0 amide bonds. The third-order valence-corrected chi connectivity index (χ3v) is 5.54. The second-order valence-corrected chi connectivity index (χ2v) is 7.15. The number of carbonyl (C=O) groups is 1. The fourth-order valence-electron chi connectivity index (χ4n) is 2.26. The number of carboxylic acid groups (broad SMARTS) is 1. The summed E-state index contributed by atoms with van der Waals surface area (Å²) in [5.41, 5.74) is 0. The van der Waals surface area contributed by atoms with Gasteiger partial charge in [0.05, 0.1) is 17.6 Å². The van der Waals surface area contributed by atoms with Gasteiger partial charge in [-0.3, -0.25) is 4.79 Å². The van der Waals surface area contributed by atoms with Gasteiger partial charge >= 0.3 is 12.1 Å². The smallest absolute Gasteiger partial charge is 0.393 e. The minimum absolute atomic E-state index is 0.0122. The van der Waals surface area contributed by atoms with Crippen LogP contribution in [0.15, 0.2) is 0 Å². The number of hydrogen-bond donors (Lipinski definition) is 1. The zero-order valence-corrected chi connectivity index (χ0v) is 10.7. The lowest BCUT2D eigenvalue weighted by Gasteiger charge is -2.18. The predicted octanol–water partition coefficient (Wildman–Crippen LogP) is 0.921. The molecule has 2 aliphatic rings. The molecular weight excluding hydrogens is 287 g/mol. The molecular formula is C10H14F3NO4S. The molecule has 5 nitrogen and oxygen atoms in total. The first-order valence-electron chi connectivity index (χ1n) is 5.88. The summed E-state index contributed by atoms with van der Waals surface area (Å²) in [7, 11) is -3.79.